The van der Waals surface area contributed by atoms with Gasteiger partial charge >= 0.3 is 6.61 Å². The van der Waals surface area contributed by atoms with Gasteiger partial charge in [0, 0.05) is 5.56 Å². The van der Waals surface area contributed by atoms with Gasteiger partial charge in [-0.05, 0) is 55.3 Å². The van der Waals surface area contributed by atoms with Crippen LogP contribution in [0.1, 0.15) is 27.0 Å². The van der Waals surface area contributed by atoms with Crippen molar-refractivity contribution in [2.45, 2.75) is 20.5 Å². The predicted molar refractivity (Wildman–Crippen MR) is 84.1 cm³/mol. The van der Waals surface area contributed by atoms with Gasteiger partial charge in [-0.1, -0.05) is 17.7 Å². The minimum atomic E-state index is -2.86. The number of carbonyl (C=O) groups is 1. The molecule has 0 heterocycles. The summed E-state index contributed by atoms with van der Waals surface area (Å²) in [5, 5.41) is 3.86. The number of hydrazone groups is 1. The van der Waals surface area contributed by atoms with Crippen molar-refractivity contribution in [2.24, 2.45) is 5.10 Å². The Kier molecular flexibility index (Phi) is 5.41. The number of aryl methyl sites for hydroxylation is 2. The molecule has 0 aliphatic rings. The van der Waals surface area contributed by atoms with Crippen LogP contribution in [0.3, 0.4) is 0 Å². The van der Waals surface area contributed by atoms with Crippen LogP contribution in [0.4, 0.5) is 8.78 Å². The van der Waals surface area contributed by atoms with Crippen LogP contribution in [-0.2, 0) is 0 Å². The van der Waals surface area contributed by atoms with Gasteiger partial charge in [0.25, 0.3) is 5.91 Å². The van der Waals surface area contributed by atoms with E-state index in [-0.39, 0.29) is 11.7 Å². The molecule has 6 heteroatoms. The zero-order valence-corrected chi connectivity index (χ0v) is 12.7. The maximum Gasteiger partial charge on any atom is 0.387 e. The van der Waals surface area contributed by atoms with E-state index >= 15 is 0 Å². The number of hydrogen-bond donors (Lipinski definition) is 1. The van der Waals surface area contributed by atoms with E-state index in [4.69, 9.17) is 0 Å². The van der Waals surface area contributed by atoms with Gasteiger partial charge < -0.3 is 4.74 Å². The van der Waals surface area contributed by atoms with Crippen LogP contribution in [0.25, 0.3) is 0 Å². The normalized spacial score (nSPS) is 11.0. The van der Waals surface area contributed by atoms with E-state index in [2.05, 4.69) is 15.3 Å². The van der Waals surface area contributed by atoms with Crippen molar-refractivity contribution in [1.82, 2.24) is 5.43 Å². The zero-order chi connectivity index (χ0) is 16.8. The SMILES string of the molecule is Cc1ccc(C(=O)NN=Cc2ccc(OC(F)F)cc2)c(C)c1. The molecular weight excluding hydrogens is 302 g/mol. The molecule has 2 aromatic rings. The van der Waals surface area contributed by atoms with Gasteiger partial charge in [0.1, 0.15) is 5.75 Å². The van der Waals surface area contributed by atoms with E-state index < -0.39 is 6.61 Å². The lowest BCUT2D eigenvalue weighted by Gasteiger charge is -2.05. The van der Waals surface area contributed by atoms with Crippen LogP contribution < -0.4 is 10.2 Å². The summed E-state index contributed by atoms with van der Waals surface area (Å²) in [7, 11) is 0. The van der Waals surface area contributed by atoms with Gasteiger partial charge in [-0.2, -0.15) is 13.9 Å². The first-order chi connectivity index (χ1) is 11.0. The molecule has 1 amide bonds. The quantitative estimate of drug-likeness (QED) is 0.675. The number of hydrogen-bond acceptors (Lipinski definition) is 3. The summed E-state index contributed by atoms with van der Waals surface area (Å²) in [6, 6.07) is 11.4. The second kappa shape index (κ2) is 7.49. The van der Waals surface area contributed by atoms with Gasteiger partial charge in [0.15, 0.2) is 0 Å². The summed E-state index contributed by atoms with van der Waals surface area (Å²) >= 11 is 0. The van der Waals surface area contributed by atoms with Crippen molar-refractivity contribution < 1.29 is 18.3 Å². The van der Waals surface area contributed by atoms with E-state index in [1.165, 1.54) is 18.3 Å². The summed E-state index contributed by atoms with van der Waals surface area (Å²) in [5.41, 5.74) is 5.57. The molecule has 2 rings (SSSR count). The number of amides is 1. The van der Waals surface area contributed by atoms with E-state index in [1.54, 1.807) is 18.2 Å². The molecule has 0 saturated carbocycles. The minimum Gasteiger partial charge on any atom is -0.435 e. The first kappa shape index (κ1) is 16.6. The fourth-order valence-electron chi connectivity index (χ4n) is 2.03. The Morgan fingerprint density at radius 1 is 1.17 bits per heavy atom. The monoisotopic (exact) mass is 318 g/mol. The first-order valence-electron chi connectivity index (χ1n) is 6.91. The third kappa shape index (κ3) is 4.88. The van der Waals surface area contributed by atoms with Crippen molar-refractivity contribution in [1.29, 1.82) is 0 Å². The predicted octanol–water partition coefficient (Wildman–Crippen LogP) is 3.67. The minimum absolute atomic E-state index is 0.0662. The van der Waals surface area contributed by atoms with Crippen LogP contribution >= 0.6 is 0 Å². The highest BCUT2D eigenvalue weighted by Gasteiger charge is 2.07. The summed E-state index contributed by atoms with van der Waals surface area (Å²) < 4.78 is 28.3. The highest BCUT2D eigenvalue weighted by molar-refractivity contribution is 5.96. The number of carbonyl (C=O) groups excluding carboxylic acids is 1. The lowest BCUT2D eigenvalue weighted by atomic mass is 10.1. The molecule has 1 N–H and O–H groups in total. The molecule has 2 aromatic carbocycles. The number of halogens is 2. The molecule has 0 atom stereocenters. The number of alkyl halides is 2. The number of benzene rings is 2. The fraction of sp³-hybridized carbons (Fsp3) is 0.176. The van der Waals surface area contributed by atoms with Gasteiger partial charge in [-0.25, -0.2) is 5.43 Å². The molecular formula is C17H16F2N2O2. The van der Waals surface area contributed by atoms with E-state index in [0.29, 0.717) is 11.1 Å². The highest BCUT2D eigenvalue weighted by atomic mass is 19.3. The molecule has 0 saturated heterocycles. The Morgan fingerprint density at radius 2 is 1.87 bits per heavy atom. The average molecular weight is 318 g/mol. The van der Waals surface area contributed by atoms with Crippen LogP contribution in [0, 0.1) is 13.8 Å². The third-order valence-electron chi connectivity index (χ3n) is 3.11. The molecule has 120 valence electrons. The average Bonchev–Trinajstić information content (AvgIpc) is 2.48. The number of ether oxygens (including phenoxy) is 1. The number of rotatable bonds is 5. The highest BCUT2D eigenvalue weighted by Crippen LogP contribution is 2.14. The van der Waals surface area contributed by atoms with E-state index in [9.17, 15) is 13.6 Å². The van der Waals surface area contributed by atoms with E-state index in [1.807, 2.05) is 26.0 Å². The fourth-order valence-corrected chi connectivity index (χ4v) is 2.03. The van der Waals surface area contributed by atoms with Crippen LogP contribution in [-0.4, -0.2) is 18.7 Å². The number of nitrogens with one attached hydrogen (secondary N) is 1. The molecule has 0 fully saturated rings. The molecule has 0 aromatic heterocycles. The molecule has 4 nitrogen and oxygen atoms in total. The maximum atomic E-state index is 12.0. The second-order valence-electron chi connectivity index (χ2n) is 4.97. The van der Waals surface area contributed by atoms with Gasteiger partial charge in [0.2, 0.25) is 0 Å². The molecule has 0 unspecified atom stereocenters. The maximum absolute atomic E-state index is 12.0. The first-order valence-corrected chi connectivity index (χ1v) is 6.91. The summed E-state index contributed by atoms with van der Waals surface area (Å²) in [5.74, 6) is -0.243. The van der Waals surface area contributed by atoms with Crippen molar-refractivity contribution in [2.75, 3.05) is 0 Å². The van der Waals surface area contributed by atoms with Gasteiger partial charge in [0.05, 0.1) is 6.21 Å². The Morgan fingerprint density at radius 3 is 2.48 bits per heavy atom. The number of nitrogens with zero attached hydrogens (tertiary/aromatic N) is 1. The molecule has 0 spiro atoms. The standard InChI is InChI=1S/C17H16F2N2O2/c1-11-3-8-15(12(2)9-11)16(22)21-20-10-13-4-6-14(7-5-13)23-17(18)19/h3-10,17H,1-2H3,(H,21,22). The Balaban J connectivity index is 1.97. The van der Waals surface area contributed by atoms with Gasteiger partial charge in [-0.15, -0.1) is 0 Å². The summed E-state index contributed by atoms with van der Waals surface area (Å²) in [4.78, 5) is 12.0. The Labute approximate surface area is 132 Å². The molecule has 23 heavy (non-hydrogen) atoms. The van der Waals surface area contributed by atoms with E-state index in [0.717, 1.165) is 11.1 Å². The van der Waals surface area contributed by atoms with Gasteiger partial charge in [-0.3, -0.25) is 4.79 Å². The zero-order valence-electron chi connectivity index (χ0n) is 12.7. The topological polar surface area (TPSA) is 50.7 Å². The van der Waals surface area contributed by atoms with Crippen molar-refractivity contribution in [3.05, 3.63) is 64.7 Å². The van der Waals surface area contributed by atoms with Crippen LogP contribution in [0.15, 0.2) is 47.6 Å². The van der Waals surface area contributed by atoms with Crippen LogP contribution in [0.5, 0.6) is 5.75 Å². The Bertz CT molecular complexity index is 713. The molecule has 0 bridgehead atoms. The summed E-state index contributed by atoms with van der Waals surface area (Å²) in [6.07, 6.45) is 1.42. The molecule has 0 aliphatic heterocycles. The largest absolute Gasteiger partial charge is 0.435 e. The summed E-state index contributed by atoms with van der Waals surface area (Å²) in [6.45, 7) is 0.952. The lowest BCUT2D eigenvalue weighted by Crippen LogP contribution is -2.18. The van der Waals surface area contributed by atoms with Crippen molar-refractivity contribution in [3.8, 4) is 5.75 Å². The van der Waals surface area contributed by atoms with Crippen LogP contribution in [0.2, 0.25) is 0 Å². The second-order valence-corrected chi connectivity index (χ2v) is 4.97. The van der Waals surface area contributed by atoms with Crippen molar-refractivity contribution in [3.63, 3.8) is 0 Å². The molecule has 0 radical (unpaired) electrons. The lowest BCUT2D eigenvalue weighted by molar-refractivity contribution is -0.0498. The Hall–Kier alpha value is -2.76. The molecule has 0 aliphatic carbocycles. The smallest absolute Gasteiger partial charge is 0.387 e. The van der Waals surface area contributed by atoms with Crippen molar-refractivity contribution >= 4 is 12.1 Å². The third-order valence-corrected chi connectivity index (χ3v) is 3.11.